The highest BCUT2D eigenvalue weighted by Gasteiger charge is 2.33. The van der Waals surface area contributed by atoms with Crippen molar-refractivity contribution in [2.75, 3.05) is 12.4 Å². The van der Waals surface area contributed by atoms with Gasteiger partial charge in [0.15, 0.2) is 0 Å². The van der Waals surface area contributed by atoms with Gasteiger partial charge in [0.1, 0.15) is 11.6 Å². The molecule has 1 aliphatic heterocycles. The van der Waals surface area contributed by atoms with Crippen LogP contribution in [0.4, 0.5) is 10.1 Å². The van der Waals surface area contributed by atoms with Gasteiger partial charge in [-0.15, -0.1) is 0 Å². The summed E-state index contributed by atoms with van der Waals surface area (Å²) in [5.41, 5.74) is 5.16. The summed E-state index contributed by atoms with van der Waals surface area (Å²) in [6.45, 7) is 3.99. The molecule has 0 amide bonds. The van der Waals surface area contributed by atoms with E-state index in [2.05, 4.69) is 17.4 Å². The number of benzene rings is 3. The molecule has 4 heteroatoms. The van der Waals surface area contributed by atoms with E-state index in [0.29, 0.717) is 29.0 Å². The van der Waals surface area contributed by atoms with Crippen molar-refractivity contribution in [3.63, 3.8) is 0 Å². The van der Waals surface area contributed by atoms with Gasteiger partial charge in [-0.3, -0.25) is 0 Å². The zero-order chi connectivity index (χ0) is 20.5. The van der Waals surface area contributed by atoms with E-state index < -0.39 is 0 Å². The topological polar surface area (TPSA) is 45.1 Å². The molecule has 0 bridgehead atoms. The zero-order valence-electron chi connectivity index (χ0n) is 16.9. The summed E-state index contributed by atoms with van der Waals surface area (Å²) in [7, 11) is 1.61. The summed E-state index contributed by atoms with van der Waals surface area (Å²) in [5, 5.41) is 12.4. The zero-order valence-corrected chi connectivity index (χ0v) is 16.9. The number of ether oxygens (including phenoxy) is 1. The fraction of sp³-hybridized carbons (Fsp3) is 0.240. The van der Waals surface area contributed by atoms with E-state index in [1.165, 1.54) is 0 Å². The molecule has 3 aromatic carbocycles. The third-order valence-electron chi connectivity index (χ3n) is 5.80. The second-order valence-corrected chi connectivity index (χ2v) is 7.47. The molecule has 2 N–H and O–H groups in total. The van der Waals surface area contributed by atoms with Crippen molar-refractivity contribution in [3.05, 3.63) is 83.2 Å². The second kappa shape index (κ2) is 7.70. The van der Waals surface area contributed by atoms with E-state index in [1.54, 1.807) is 13.2 Å². The molecule has 2 unspecified atom stereocenters. The highest BCUT2D eigenvalue weighted by Crippen LogP contribution is 2.44. The average molecular weight is 388 g/mol. The summed E-state index contributed by atoms with van der Waals surface area (Å²) < 4.78 is 20.6. The first-order valence-electron chi connectivity index (χ1n) is 9.95. The fourth-order valence-electron chi connectivity index (χ4n) is 4.09. The Bertz CT molecular complexity index is 1060. The van der Waals surface area contributed by atoms with Crippen LogP contribution in [0.15, 0.2) is 60.7 Å². The molecular weight excluding hydrogens is 363 g/mol. The van der Waals surface area contributed by atoms with E-state index in [9.17, 15) is 4.39 Å². The number of hydrogen-bond acceptors (Lipinski definition) is 3. The number of nitrogens with one attached hydrogen (secondary N) is 2. The van der Waals surface area contributed by atoms with E-state index >= 15 is 0 Å². The van der Waals surface area contributed by atoms with Gasteiger partial charge >= 0.3 is 0 Å². The molecule has 29 heavy (non-hydrogen) atoms. The highest BCUT2D eigenvalue weighted by molar-refractivity contribution is 6.09. The quantitative estimate of drug-likeness (QED) is 0.556. The predicted octanol–water partition coefficient (Wildman–Crippen LogP) is 6.23. The molecule has 0 aliphatic carbocycles. The van der Waals surface area contributed by atoms with Gasteiger partial charge in [-0.05, 0) is 35.2 Å². The smallest absolute Gasteiger partial charge is 0.143 e. The van der Waals surface area contributed by atoms with Crippen LogP contribution >= 0.6 is 0 Å². The van der Waals surface area contributed by atoms with E-state index in [4.69, 9.17) is 10.1 Å². The van der Waals surface area contributed by atoms with Crippen molar-refractivity contribution >= 4 is 11.4 Å². The first-order valence-corrected chi connectivity index (χ1v) is 9.95. The standard InChI is InChI=1S/C25H25FN2O/c1-4-16-11-8-12-19(22(16)26)18-13-20-23(27)15(2)24(17-9-6-5-7-10-17)28-25(20)21(14-18)29-3/h5-15,24,27-28H,4H2,1-3H3. The first kappa shape index (κ1) is 19.2. The van der Waals surface area contributed by atoms with Crippen LogP contribution < -0.4 is 10.1 Å². The molecule has 1 heterocycles. The van der Waals surface area contributed by atoms with Crippen LogP contribution in [0.25, 0.3) is 11.1 Å². The van der Waals surface area contributed by atoms with Crippen LogP contribution in [0.3, 0.4) is 0 Å². The first-order chi connectivity index (χ1) is 14.0. The molecule has 0 spiro atoms. The number of fused-ring (bicyclic) bond motifs is 1. The number of anilines is 1. The molecule has 0 fully saturated rings. The Morgan fingerprint density at radius 2 is 1.79 bits per heavy atom. The van der Waals surface area contributed by atoms with Crippen molar-refractivity contribution in [1.82, 2.24) is 0 Å². The molecule has 148 valence electrons. The number of aryl methyl sites for hydroxylation is 1. The predicted molar refractivity (Wildman–Crippen MR) is 117 cm³/mol. The lowest BCUT2D eigenvalue weighted by atomic mass is 9.82. The summed E-state index contributed by atoms with van der Waals surface area (Å²) in [4.78, 5) is 0. The monoisotopic (exact) mass is 388 g/mol. The van der Waals surface area contributed by atoms with Gasteiger partial charge in [0, 0.05) is 22.8 Å². The molecule has 0 saturated carbocycles. The van der Waals surface area contributed by atoms with Crippen LogP contribution in [0, 0.1) is 17.1 Å². The lowest BCUT2D eigenvalue weighted by Crippen LogP contribution is -2.31. The summed E-state index contributed by atoms with van der Waals surface area (Å²) in [6.07, 6.45) is 0.634. The fourth-order valence-corrected chi connectivity index (χ4v) is 4.09. The Morgan fingerprint density at radius 1 is 1.03 bits per heavy atom. The molecule has 0 aromatic heterocycles. The number of hydrogen-bond donors (Lipinski definition) is 2. The van der Waals surface area contributed by atoms with Gasteiger partial charge in [-0.1, -0.05) is 62.4 Å². The molecule has 1 aliphatic rings. The molecule has 0 saturated heterocycles. The van der Waals surface area contributed by atoms with E-state index in [1.807, 2.05) is 56.3 Å². The molecule has 3 aromatic rings. The Morgan fingerprint density at radius 3 is 2.48 bits per heavy atom. The SMILES string of the molecule is CCc1cccc(-c2cc(OC)c3c(c2)C(=N)C(C)C(c2ccccc2)N3)c1F. The minimum Gasteiger partial charge on any atom is -0.495 e. The second-order valence-electron chi connectivity index (χ2n) is 7.47. The Hall–Kier alpha value is -3.14. The average Bonchev–Trinajstić information content (AvgIpc) is 2.76. The summed E-state index contributed by atoms with van der Waals surface area (Å²) in [6, 6.07) is 19.4. The van der Waals surface area contributed by atoms with E-state index in [-0.39, 0.29) is 17.8 Å². The molecule has 0 radical (unpaired) electrons. The van der Waals surface area contributed by atoms with Gasteiger partial charge in [0.25, 0.3) is 0 Å². The third-order valence-corrected chi connectivity index (χ3v) is 5.80. The maximum absolute atomic E-state index is 15.0. The van der Waals surface area contributed by atoms with Crippen LogP contribution in [-0.4, -0.2) is 12.8 Å². The van der Waals surface area contributed by atoms with Gasteiger partial charge in [0.05, 0.1) is 18.8 Å². The largest absolute Gasteiger partial charge is 0.495 e. The summed E-state index contributed by atoms with van der Waals surface area (Å²) in [5.74, 6) is 0.385. The molecular formula is C25H25FN2O. The molecule has 4 rings (SSSR count). The van der Waals surface area contributed by atoms with Gasteiger partial charge < -0.3 is 15.5 Å². The van der Waals surface area contributed by atoms with Crippen molar-refractivity contribution in [2.45, 2.75) is 26.3 Å². The Balaban J connectivity index is 1.84. The lowest BCUT2D eigenvalue weighted by Gasteiger charge is -2.35. The minimum atomic E-state index is -0.206. The van der Waals surface area contributed by atoms with Gasteiger partial charge in [-0.2, -0.15) is 0 Å². The Labute approximate surface area is 171 Å². The van der Waals surface area contributed by atoms with Crippen molar-refractivity contribution in [3.8, 4) is 16.9 Å². The van der Waals surface area contributed by atoms with Crippen LogP contribution in [0.1, 0.15) is 36.6 Å². The maximum atomic E-state index is 15.0. The lowest BCUT2D eigenvalue weighted by molar-refractivity contribution is 0.415. The van der Waals surface area contributed by atoms with Crippen LogP contribution in [0.2, 0.25) is 0 Å². The highest BCUT2D eigenvalue weighted by atomic mass is 19.1. The third kappa shape index (κ3) is 3.29. The summed E-state index contributed by atoms with van der Waals surface area (Å²) >= 11 is 0. The van der Waals surface area contributed by atoms with Crippen LogP contribution in [-0.2, 0) is 6.42 Å². The van der Waals surface area contributed by atoms with Crippen LogP contribution in [0.5, 0.6) is 5.75 Å². The van der Waals surface area contributed by atoms with Crippen molar-refractivity contribution < 1.29 is 9.13 Å². The van der Waals surface area contributed by atoms with E-state index in [0.717, 1.165) is 22.4 Å². The van der Waals surface area contributed by atoms with Gasteiger partial charge in [0.2, 0.25) is 0 Å². The number of methoxy groups -OCH3 is 1. The molecule has 3 nitrogen and oxygen atoms in total. The van der Waals surface area contributed by atoms with Crippen molar-refractivity contribution in [2.24, 2.45) is 5.92 Å². The van der Waals surface area contributed by atoms with Gasteiger partial charge in [-0.25, -0.2) is 4.39 Å². The number of halogens is 1. The molecule has 2 atom stereocenters. The normalized spacial score (nSPS) is 18.1. The maximum Gasteiger partial charge on any atom is 0.143 e. The Kier molecular flexibility index (Phi) is 5.10. The number of rotatable bonds is 4. The van der Waals surface area contributed by atoms with Crippen molar-refractivity contribution in [1.29, 1.82) is 5.41 Å². The minimum absolute atomic E-state index is 0.0175.